The maximum atomic E-state index is 12.2. The fourth-order valence-corrected chi connectivity index (χ4v) is 2.99. The molecular weight excluding hydrogens is 298 g/mol. The van der Waals surface area contributed by atoms with Gasteiger partial charge in [-0.05, 0) is 25.2 Å². The van der Waals surface area contributed by atoms with Crippen LogP contribution in [0, 0.1) is 11.8 Å². The van der Waals surface area contributed by atoms with Crippen LogP contribution in [-0.2, 0) is 19.1 Å². The average Bonchev–Trinajstić information content (AvgIpc) is 2.52. The third-order valence-corrected chi connectivity index (χ3v) is 4.83. The lowest BCUT2D eigenvalue weighted by molar-refractivity contribution is -0.149. The molecule has 1 aliphatic heterocycles. The fourth-order valence-electron chi connectivity index (χ4n) is 2.99. The summed E-state index contributed by atoms with van der Waals surface area (Å²) in [5.41, 5.74) is 2.38. The van der Waals surface area contributed by atoms with E-state index >= 15 is 0 Å². The first kappa shape index (κ1) is 17.4. The van der Waals surface area contributed by atoms with Gasteiger partial charge in [0, 0.05) is 18.9 Å². The Balaban J connectivity index is 1.85. The highest BCUT2D eigenvalue weighted by atomic mass is 16.5. The Hall–Kier alpha value is -1.92. The Bertz CT molecular complexity index is 517. The Kier molecular flexibility index (Phi) is 5.74. The molecule has 1 aliphatic carbocycles. The number of esters is 1. The molecule has 1 saturated carbocycles. The number of hydrazone groups is 1. The normalized spacial score (nSPS) is 29.1. The molecule has 0 aromatic carbocycles. The van der Waals surface area contributed by atoms with Crippen LogP contribution in [0.3, 0.4) is 0 Å². The van der Waals surface area contributed by atoms with Crippen LogP contribution in [0.25, 0.3) is 0 Å². The van der Waals surface area contributed by atoms with E-state index in [0.717, 1.165) is 12.8 Å². The lowest BCUT2D eigenvalue weighted by Crippen LogP contribution is -2.48. The summed E-state index contributed by atoms with van der Waals surface area (Å²) in [6, 6.07) is 0.124. The largest absolute Gasteiger partial charge is 0.448 e. The van der Waals surface area contributed by atoms with Crippen LogP contribution in [0.5, 0.6) is 0 Å². The summed E-state index contributed by atoms with van der Waals surface area (Å²) >= 11 is 0. The monoisotopic (exact) mass is 323 g/mol. The molecule has 0 unspecified atom stereocenters. The third-order valence-electron chi connectivity index (χ3n) is 4.83. The highest BCUT2D eigenvalue weighted by Crippen LogP contribution is 2.29. The van der Waals surface area contributed by atoms with E-state index in [2.05, 4.69) is 29.7 Å². The molecule has 0 aromatic heterocycles. The molecule has 2 N–H and O–H groups in total. The predicted octanol–water partition coefficient (Wildman–Crippen LogP) is 1.12. The van der Waals surface area contributed by atoms with Crippen LogP contribution in [0.1, 0.15) is 52.9 Å². The van der Waals surface area contributed by atoms with Crippen LogP contribution in [-0.4, -0.2) is 35.6 Å². The minimum atomic E-state index is -0.882. The van der Waals surface area contributed by atoms with Crippen LogP contribution in [0.2, 0.25) is 0 Å². The maximum absolute atomic E-state index is 12.2. The van der Waals surface area contributed by atoms with Gasteiger partial charge in [-0.25, -0.2) is 10.2 Å². The number of hydrogen-bond donors (Lipinski definition) is 2. The number of carbonyl (C=O) groups excluding carboxylic acids is 3. The van der Waals surface area contributed by atoms with Gasteiger partial charge in [0.05, 0.1) is 0 Å². The molecule has 0 spiro atoms. The number of rotatable bonds is 4. The number of nitrogens with zero attached hydrogens (tertiary/aromatic N) is 1. The topological polar surface area (TPSA) is 96.9 Å². The average molecular weight is 323 g/mol. The molecule has 0 radical (unpaired) electrons. The van der Waals surface area contributed by atoms with Crippen LogP contribution >= 0.6 is 0 Å². The van der Waals surface area contributed by atoms with E-state index in [9.17, 15) is 14.4 Å². The molecule has 0 aromatic rings. The lowest BCUT2D eigenvalue weighted by atomic mass is 9.78. The predicted molar refractivity (Wildman–Crippen MR) is 84.5 cm³/mol. The van der Waals surface area contributed by atoms with Gasteiger partial charge in [-0.15, -0.1) is 0 Å². The van der Waals surface area contributed by atoms with Crippen molar-refractivity contribution in [3.05, 3.63) is 0 Å². The summed E-state index contributed by atoms with van der Waals surface area (Å²) in [5.74, 6) is -0.184. The highest BCUT2D eigenvalue weighted by Gasteiger charge is 2.30. The Morgan fingerprint density at radius 1 is 1.30 bits per heavy atom. The molecule has 2 amide bonds. The summed E-state index contributed by atoms with van der Waals surface area (Å²) in [5, 5.41) is 6.66. The minimum Gasteiger partial charge on any atom is -0.448 e. The Morgan fingerprint density at radius 2 is 2.04 bits per heavy atom. The number of hydrogen-bond acceptors (Lipinski definition) is 5. The van der Waals surface area contributed by atoms with Crippen molar-refractivity contribution in [2.24, 2.45) is 16.9 Å². The molecule has 4 atom stereocenters. The molecule has 1 fully saturated rings. The summed E-state index contributed by atoms with van der Waals surface area (Å²) < 4.78 is 5.16. The van der Waals surface area contributed by atoms with Gasteiger partial charge in [-0.1, -0.05) is 26.7 Å². The van der Waals surface area contributed by atoms with E-state index in [1.807, 2.05) is 0 Å². The number of carbonyl (C=O) groups is 3. The quantitative estimate of drug-likeness (QED) is 0.758. The molecule has 7 heteroatoms. The summed E-state index contributed by atoms with van der Waals surface area (Å²) in [7, 11) is 0. The van der Waals surface area contributed by atoms with Crippen molar-refractivity contribution in [1.29, 1.82) is 0 Å². The second-order valence-electron chi connectivity index (χ2n) is 6.52. The zero-order valence-electron chi connectivity index (χ0n) is 13.9. The molecule has 23 heavy (non-hydrogen) atoms. The second-order valence-corrected chi connectivity index (χ2v) is 6.52. The van der Waals surface area contributed by atoms with Gasteiger partial charge in [0.2, 0.25) is 5.91 Å². The van der Waals surface area contributed by atoms with Gasteiger partial charge in [0.25, 0.3) is 5.91 Å². The minimum absolute atomic E-state index is 0.124. The zero-order valence-corrected chi connectivity index (χ0v) is 13.9. The smallest absolute Gasteiger partial charge is 0.355 e. The molecule has 0 bridgehead atoms. The molecular formula is C16H25N3O4. The number of ether oxygens (including phenoxy) is 1. The van der Waals surface area contributed by atoms with Gasteiger partial charge in [-0.2, -0.15) is 5.10 Å². The Morgan fingerprint density at radius 3 is 2.70 bits per heavy atom. The zero-order chi connectivity index (χ0) is 17.0. The SMILES string of the molecule is C[C@H]1[C@@H](NC(=O)[C@@H](C)OC(=O)C2=NNC(=O)CC2)CCC[C@@H]1C. The summed E-state index contributed by atoms with van der Waals surface area (Å²) in [6.45, 7) is 5.89. The van der Waals surface area contributed by atoms with E-state index in [1.54, 1.807) is 6.92 Å². The Labute approximate surface area is 136 Å². The second kappa shape index (κ2) is 7.57. The molecule has 7 nitrogen and oxygen atoms in total. The maximum Gasteiger partial charge on any atom is 0.355 e. The standard InChI is InChI=1S/C16H25N3O4/c1-9-5-4-6-12(10(9)2)17-15(21)11(3)23-16(22)13-7-8-14(20)19-18-13/h9-12H,4-8H2,1-3H3,(H,17,21)(H,19,20)/t9-,10+,11+,12-/m0/s1. The molecule has 1 heterocycles. The van der Waals surface area contributed by atoms with E-state index in [1.165, 1.54) is 6.42 Å². The molecule has 2 rings (SSSR count). The number of amides is 2. The van der Waals surface area contributed by atoms with Crippen LogP contribution in [0.4, 0.5) is 0 Å². The molecule has 0 saturated heterocycles. The van der Waals surface area contributed by atoms with E-state index in [0.29, 0.717) is 11.8 Å². The van der Waals surface area contributed by atoms with Crippen molar-refractivity contribution in [1.82, 2.24) is 10.7 Å². The van der Waals surface area contributed by atoms with Crippen molar-refractivity contribution >= 4 is 23.5 Å². The van der Waals surface area contributed by atoms with Crippen molar-refractivity contribution in [3.63, 3.8) is 0 Å². The lowest BCUT2D eigenvalue weighted by Gasteiger charge is -2.35. The summed E-state index contributed by atoms with van der Waals surface area (Å²) in [4.78, 5) is 35.2. The first-order chi connectivity index (χ1) is 10.9. The van der Waals surface area contributed by atoms with E-state index in [-0.39, 0.29) is 36.4 Å². The van der Waals surface area contributed by atoms with Crippen molar-refractivity contribution in [3.8, 4) is 0 Å². The van der Waals surface area contributed by atoms with Gasteiger partial charge >= 0.3 is 5.97 Å². The number of nitrogens with one attached hydrogen (secondary N) is 2. The third kappa shape index (κ3) is 4.53. The van der Waals surface area contributed by atoms with Crippen molar-refractivity contribution in [2.45, 2.75) is 65.0 Å². The van der Waals surface area contributed by atoms with Gasteiger partial charge in [-0.3, -0.25) is 9.59 Å². The van der Waals surface area contributed by atoms with Crippen LogP contribution in [0.15, 0.2) is 5.10 Å². The van der Waals surface area contributed by atoms with Gasteiger partial charge < -0.3 is 10.1 Å². The van der Waals surface area contributed by atoms with Gasteiger partial charge in [0.15, 0.2) is 6.10 Å². The van der Waals surface area contributed by atoms with Crippen molar-refractivity contribution in [2.75, 3.05) is 0 Å². The highest BCUT2D eigenvalue weighted by molar-refractivity contribution is 6.37. The van der Waals surface area contributed by atoms with Crippen LogP contribution < -0.4 is 10.7 Å². The van der Waals surface area contributed by atoms with E-state index in [4.69, 9.17) is 4.74 Å². The van der Waals surface area contributed by atoms with E-state index < -0.39 is 12.1 Å². The van der Waals surface area contributed by atoms with Crippen molar-refractivity contribution < 1.29 is 19.1 Å². The molecule has 2 aliphatic rings. The first-order valence-electron chi connectivity index (χ1n) is 8.25. The fraction of sp³-hybridized carbons (Fsp3) is 0.750. The molecule has 128 valence electrons. The summed E-state index contributed by atoms with van der Waals surface area (Å²) in [6.07, 6.45) is 2.79. The van der Waals surface area contributed by atoms with Gasteiger partial charge in [0.1, 0.15) is 5.71 Å². The first-order valence-corrected chi connectivity index (χ1v) is 8.25.